The molecule has 2 aromatic heterocycles. The lowest BCUT2D eigenvalue weighted by Gasteiger charge is -2.34. The Bertz CT molecular complexity index is 786. The summed E-state index contributed by atoms with van der Waals surface area (Å²) in [5.41, 5.74) is 1.36. The number of amides is 2. The molecule has 0 saturated carbocycles. The van der Waals surface area contributed by atoms with E-state index >= 15 is 0 Å². The number of nitrogens with zero attached hydrogens (tertiary/aromatic N) is 4. The van der Waals surface area contributed by atoms with Gasteiger partial charge in [0.05, 0.1) is 17.5 Å². The maximum Gasteiger partial charge on any atom is 0.257 e. The third-order valence-corrected chi connectivity index (χ3v) is 4.94. The highest BCUT2D eigenvalue weighted by molar-refractivity contribution is 5.95. The molecule has 0 bridgehead atoms. The molecule has 2 amide bonds. The molecule has 2 aromatic rings. The summed E-state index contributed by atoms with van der Waals surface area (Å²) in [6.07, 6.45) is 4.75. The lowest BCUT2D eigenvalue weighted by molar-refractivity contribution is -0.119. The third-order valence-electron chi connectivity index (χ3n) is 4.94. The number of hydrogen-bond acceptors (Lipinski definition) is 4. The number of piperidine rings is 1. The first-order valence-electron chi connectivity index (χ1n) is 8.18. The van der Waals surface area contributed by atoms with Crippen molar-refractivity contribution in [2.24, 2.45) is 5.92 Å². The number of rotatable bonds is 2. The molecular weight excluding hydrogens is 306 g/mol. The van der Waals surface area contributed by atoms with E-state index in [0.29, 0.717) is 36.8 Å². The molecule has 0 spiro atoms. The number of fused-ring (bicyclic) bond motifs is 1. The molecule has 0 radical (unpaired) electrons. The number of aromatic nitrogens is 3. The predicted molar refractivity (Wildman–Crippen MR) is 86.7 cm³/mol. The fraction of sp³-hybridized carbons (Fsp3) is 0.412. The van der Waals surface area contributed by atoms with E-state index in [9.17, 15) is 9.59 Å². The lowest BCUT2D eigenvalue weighted by Crippen LogP contribution is -2.49. The summed E-state index contributed by atoms with van der Waals surface area (Å²) in [7, 11) is 0. The summed E-state index contributed by atoms with van der Waals surface area (Å²) >= 11 is 0. The quantitative estimate of drug-likeness (QED) is 0.890. The van der Waals surface area contributed by atoms with Crippen LogP contribution in [-0.2, 0) is 4.79 Å². The Hall–Kier alpha value is -2.70. The van der Waals surface area contributed by atoms with Crippen LogP contribution < -0.4 is 5.32 Å². The monoisotopic (exact) mass is 325 g/mol. The van der Waals surface area contributed by atoms with Crippen LogP contribution in [0.4, 0.5) is 0 Å². The summed E-state index contributed by atoms with van der Waals surface area (Å²) in [5.74, 6) is 1.11. The normalized spacial score (nSPS) is 23.0. The van der Waals surface area contributed by atoms with Crippen molar-refractivity contribution in [1.29, 1.82) is 0 Å². The maximum atomic E-state index is 12.9. The lowest BCUT2D eigenvalue weighted by atomic mass is 9.92. The standard InChI is InChI=1S/C17H19N5O2/c1-11-13(9-19-22(11)15-4-2-3-6-18-15)17(24)21-7-5-12-8-16(23)20-14(12)10-21/h2-4,6,9,12,14H,5,7-8,10H2,1H3,(H,20,23)/t12-,14-/m1/s1. The molecule has 4 heterocycles. The van der Waals surface area contributed by atoms with E-state index in [0.717, 1.165) is 12.1 Å². The Morgan fingerprint density at radius 3 is 3.04 bits per heavy atom. The number of carbonyl (C=O) groups is 2. The van der Waals surface area contributed by atoms with E-state index in [-0.39, 0.29) is 17.9 Å². The van der Waals surface area contributed by atoms with E-state index < -0.39 is 0 Å². The summed E-state index contributed by atoms with van der Waals surface area (Å²) in [6.45, 7) is 3.13. The molecule has 2 aliphatic heterocycles. The molecule has 0 unspecified atom stereocenters. The first kappa shape index (κ1) is 14.9. The number of hydrogen-bond donors (Lipinski definition) is 1. The van der Waals surface area contributed by atoms with Crippen LogP contribution in [0, 0.1) is 12.8 Å². The highest BCUT2D eigenvalue weighted by Crippen LogP contribution is 2.27. The molecule has 2 aliphatic rings. The van der Waals surface area contributed by atoms with E-state index in [1.54, 1.807) is 17.1 Å². The minimum absolute atomic E-state index is 0.0331. The van der Waals surface area contributed by atoms with Crippen LogP contribution in [0.3, 0.4) is 0 Å². The molecule has 0 aliphatic carbocycles. The zero-order valence-electron chi connectivity index (χ0n) is 13.5. The van der Waals surface area contributed by atoms with Gasteiger partial charge in [0.2, 0.25) is 5.91 Å². The number of pyridine rings is 1. The molecule has 0 aromatic carbocycles. The Kier molecular flexibility index (Phi) is 3.55. The van der Waals surface area contributed by atoms with Crippen molar-refractivity contribution in [2.75, 3.05) is 13.1 Å². The molecule has 4 rings (SSSR count). The van der Waals surface area contributed by atoms with Gasteiger partial charge in [-0.1, -0.05) is 6.07 Å². The predicted octanol–water partition coefficient (Wildman–Crippen LogP) is 0.926. The van der Waals surface area contributed by atoms with Gasteiger partial charge in [0.15, 0.2) is 5.82 Å². The highest BCUT2D eigenvalue weighted by Gasteiger charge is 2.38. The fourth-order valence-electron chi connectivity index (χ4n) is 3.60. The maximum absolute atomic E-state index is 12.9. The second kappa shape index (κ2) is 5.74. The van der Waals surface area contributed by atoms with Gasteiger partial charge in [0.1, 0.15) is 0 Å². The highest BCUT2D eigenvalue weighted by atomic mass is 16.2. The molecule has 24 heavy (non-hydrogen) atoms. The number of likely N-dealkylation sites (tertiary alicyclic amines) is 1. The summed E-state index contributed by atoms with van der Waals surface area (Å²) in [5, 5.41) is 7.29. The number of nitrogens with one attached hydrogen (secondary N) is 1. The largest absolute Gasteiger partial charge is 0.351 e. The average molecular weight is 325 g/mol. The molecule has 124 valence electrons. The molecule has 2 atom stereocenters. The van der Waals surface area contributed by atoms with E-state index in [4.69, 9.17) is 0 Å². The second-order valence-corrected chi connectivity index (χ2v) is 6.42. The zero-order chi connectivity index (χ0) is 16.7. The van der Waals surface area contributed by atoms with Crippen LogP contribution in [0.25, 0.3) is 5.82 Å². The van der Waals surface area contributed by atoms with Gasteiger partial charge >= 0.3 is 0 Å². The van der Waals surface area contributed by atoms with Gasteiger partial charge in [-0.05, 0) is 31.4 Å². The Morgan fingerprint density at radius 2 is 2.25 bits per heavy atom. The molecule has 1 N–H and O–H groups in total. The van der Waals surface area contributed by atoms with E-state index in [2.05, 4.69) is 15.4 Å². The van der Waals surface area contributed by atoms with Gasteiger partial charge in [0.25, 0.3) is 5.91 Å². The van der Waals surface area contributed by atoms with Crippen LogP contribution in [0.5, 0.6) is 0 Å². The Morgan fingerprint density at radius 1 is 1.38 bits per heavy atom. The van der Waals surface area contributed by atoms with Gasteiger partial charge in [-0.3, -0.25) is 9.59 Å². The minimum atomic E-state index is -0.0331. The van der Waals surface area contributed by atoms with Crippen LogP contribution in [0.15, 0.2) is 30.6 Å². The van der Waals surface area contributed by atoms with Crippen molar-refractivity contribution in [3.8, 4) is 5.82 Å². The van der Waals surface area contributed by atoms with Crippen LogP contribution in [0.1, 0.15) is 28.9 Å². The van der Waals surface area contributed by atoms with Crippen molar-refractivity contribution in [3.63, 3.8) is 0 Å². The minimum Gasteiger partial charge on any atom is -0.351 e. The molecule has 7 heteroatoms. The smallest absolute Gasteiger partial charge is 0.257 e. The van der Waals surface area contributed by atoms with Gasteiger partial charge in [-0.15, -0.1) is 0 Å². The summed E-state index contributed by atoms with van der Waals surface area (Å²) < 4.78 is 1.68. The van der Waals surface area contributed by atoms with Crippen LogP contribution in [-0.4, -0.2) is 50.6 Å². The van der Waals surface area contributed by atoms with E-state index in [1.807, 2.05) is 30.0 Å². The van der Waals surface area contributed by atoms with Gasteiger partial charge < -0.3 is 10.2 Å². The first-order valence-corrected chi connectivity index (χ1v) is 8.18. The average Bonchev–Trinajstić information content (AvgIpc) is 3.16. The summed E-state index contributed by atoms with van der Waals surface area (Å²) in [6, 6.07) is 5.67. The van der Waals surface area contributed by atoms with Crippen molar-refractivity contribution >= 4 is 11.8 Å². The molecule has 7 nitrogen and oxygen atoms in total. The summed E-state index contributed by atoms with van der Waals surface area (Å²) in [4.78, 5) is 30.5. The van der Waals surface area contributed by atoms with Gasteiger partial charge in [-0.2, -0.15) is 5.10 Å². The second-order valence-electron chi connectivity index (χ2n) is 6.42. The van der Waals surface area contributed by atoms with Crippen molar-refractivity contribution < 1.29 is 9.59 Å². The molecular formula is C17H19N5O2. The first-order chi connectivity index (χ1) is 11.6. The van der Waals surface area contributed by atoms with Crippen molar-refractivity contribution in [2.45, 2.75) is 25.8 Å². The van der Waals surface area contributed by atoms with Crippen molar-refractivity contribution in [1.82, 2.24) is 25.0 Å². The van der Waals surface area contributed by atoms with Gasteiger partial charge in [-0.25, -0.2) is 9.67 Å². The third kappa shape index (κ3) is 2.46. The molecule has 2 fully saturated rings. The Labute approximate surface area is 139 Å². The number of carbonyl (C=O) groups excluding carboxylic acids is 2. The van der Waals surface area contributed by atoms with Crippen LogP contribution >= 0.6 is 0 Å². The zero-order valence-corrected chi connectivity index (χ0v) is 13.5. The Balaban J connectivity index is 1.55. The topological polar surface area (TPSA) is 80.1 Å². The fourth-order valence-corrected chi connectivity index (χ4v) is 3.60. The van der Waals surface area contributed by atoms with Crippen molar-refractivity contribution in [3.05, 3.63) is 41.9 Å². The van der Waals surface area contributed by atoms with Crippen LogP contribution in [0.2, 0.25) is 0 Å². The van der Waals surface area contributed by atoms with E-state index in [1.165, 1.54) is 0 Å². The molecule has 2 saturated heterocycles. The SMILES string of the molecule is Cc1c(C(=O)N2CC[C@@H]3CC(=O)N[C@@H]3C2)cnn1-c1ccccn1. The van der Waals surface area contributed by atoms with Gasteiger partial charge in [0, 0.05) is 31.7 Å².